The van der Waals surface area contributed by atoms with Gasteiger partial charge in [0.15, 0.2) is 5.58 Å². The molecule has 2 aliphatic heterocycles. The standard InChI is InChI=1S/C19H21F3N2O.C4H4O4/c1-3-11(2)24-14-5-6-15(24)9-12(8-14)18-23-16-7-4-13(19(20,21)22)10-17(16)25-18;5-3(6)1-2-4(7)8/h4,7-8,10-11,14-15H,3,5-6,9H2,1-2H3;1-2H,(H,5,6)(H,7,8). The van der Waals surface area contributed by atoms with E-state index in [-0.39, 0.29) is 5.58 Å². The van der Waals surface area contributed by atoms with E-state index in [0.29, 0.717) is 41.7 Å². The van der Waals surface area contributed by atoms with Crippen molar-refractivity contribution in [3.8, 4) is 0 Å². The van der Waals surface area contributed by atoms with E-state index in [2.05, 4.69) is 29.8 Å². The third-order valence-corrected chi connectivity index (χ3v) is 5.91. The van der Waals surface area contributed by atoms with Gasteiger partial charge >= 0.3 is 18.1 Å². The Labute approximate surface area is 188 Å². The molecule has 2 N–H and O–H groups in total. The average molecular weight is 466 g/mol. The fourth-order valence-corrected chi connectivity index (χ4v) is 4.30. The zero-order chi connectivity index (χ0) is 24.3. The molecular weight excluding hydrogens is 441 g/mol. The molecule has 1 aromatic carbocycles. The minimum atomic E-state index is -4.37. The first kappa shape index (κ1) is 24.5. The molecule has 0 aliphatic carbocycles. The van der Waals surface area contributed by atoms with Gasteiger partial charge in [-0.3, -0.25) is 4.90 Å². The second kappa shape index (κ2) is 9.78. The topological polar surface area (TPSA) is 104 Å². The van der Waals surface area contributed by atoms with Crippen molar-refractivity contribution in [2.75, 3.05) is 0 Å². The third-order valence-electron chi connectivity index (χ3n) is 5.91. The van der Waals surface area contributed by atoms with E-state index in [1.807, 2.05) is 0 Å². The summed E-state index contributed by atoms with van der Waals surface area (Å²) >= 11 is 0. The maximum Gasteiger partial charge on any atom is 0.416 e. The van der Waals surface area contributed by atoms with E-state index < -0.39 is 23.7 Å². The van der Waals surface area contributed by atoms with E-state index in [4.69, 9.17) is 14.6 Å². The van der Waals surface area contributed by atoms with Crippen LogP contribution in [0.1, 0.15) is 51.0 Å². The number of fused-ring (bicyclic) bond motifs is 3. The van der Waals surface area contributed by atoms with Gasteiger partial charge in [-0.2, -0.15) is 13.2 Å². The number of alkyl halides is 3. The van der Waals surface area contributed by atoms with Crippen LogP contribution in [0.15, 0.2) is 40.8 Å². The lowest BCUT2D eigenvalue weighted by molar-refractivity contribution is -0.137. The van der Waals surface area contributed by atoms with Crippen molar-refractivity contribution in [3.63, 3.8) is 0 Å². The summed E-state index contributed by atoms with van der Waals surface area (Å²) in [7, 11) is 0. The minimum Gasteiger partial charge on any atom is -0.478 e. The van der Waals surface area contributed by atoms with Gasteiger partial charge in [-0.1, -0.05) is 13.0 Å². The molecule has 178 valence electrons. The lowest BCUT2D eigenvalue weighted by Crippen LogP contribution is -2.44. The number of carbonyl (C=O) groups is 2. The SMILES string of the molecule is CCC(C)N1C2C=C(c3nc4ccc(C(F)(F)F)cc4o3)CC1CC2.O=C(O)C=CC(=O)O. The molecule has 2 aliphatic rings. The Hall–Kier alpha value is -3.14. The highest BCUT2D eigenvalue weighted by molar-refractivity contribution is 5.89. The van der Waals surface area contributed by atoms with Crippen molar-refractivity contribution in [2.24, 2.45) is 0 Å². The van der Waals surface area contributed by atoms with Gasteiger partial charge in [0, 0.05) is 35.9 Å². The highest BCUT2D eigenvalue weighted by Crippen LogP contribution is 2.41. The van der Waals surface area contributed by atoms with Gasteiger partial charge in [0.2, 0.25) is 5.89 Å². The van der Waals surface area contributed by atoms with Crippen LogP contribution in [0.4, 0.5) is 13.2 Å². The Bertz CT molecular complexity index is 1070. The Morgan fingerprint density at radius 3 is 2.45 bits per heavy atom. The molecule has 2 bridgehead atoms. The molecule has 33 heavy (non-hydrogen) atoms. The lowest BCUT2D eigenvalue weighted by atomic mass is 9.98. The molecule has 4 rings (SSSR count). The van der Waals surface area contributed by atoms with Crippen LogP contribution in [0, 0.1) is 0 Å². The lowest BCUT2D eigenvalue weighted by Gasteiger charge is -2.37. The zero-order valence-corrected chi connectivity index (χ0v) is 18.2. The van der Waals surface area contributed by atoms with Crippen LogP contribution >= 0.6 is 0 Å². The molecule has 2 aromatic rings. The summed E-state index contributed by atoms with van der Waals surface area (Å²) in [6.45, 7) is 4.45. The Balaban J connectivity index is 0.000000331. The van der Waals surface area contributed by atoms with Crippen molar-refractivity contribution in [2.45, 2.75) is 63.8 Å². The van der Waals surface area contributed by atoms with E-state index >= 15 is 0 Å². The molecule has 1 aromatic heterocycles. The first-order valence-corrected chi connectivity index (χ1v) is 10.6. The third kappa shape index (κ3) is 5.81. The number of carboxylic acid groups (broad SMARTS) is 2. The van der Waals surface area contributed by atoms with Crippen LogP contribution in [0.3, 0.4) is 0 Å². The molecule has 3 unspecified atom stereocenters. The molecule has 3 heterocycles. The average Bonchev–Trinajstić information content (AvgIpc) is 3.29. The molecule has 7 nitrogen and oxygen atoms in total. The van der Waals surface area contributed by atoms with Gasteiger partial charge < -0.3 is 14.6 Å². The van der Waals surface area contributed by atoms with E-state index in [1.165, 1.54) is 6.07 Å². The maximum absolute atomic E-state index is 12.9. The van der Waals surface area contributed by atoms with Gasteiger partial charge in [0.1, 0.15) is 5.52 Å². The van der Waals surface area contributed by atoms with Gasteiger partial charge in [-0.05, 0) is 50.8 Å². The number of hydrogen-bond acceptors (Lipinski definition) is 5. The molecule has 0 amide bonds. The fraction of sp³-hybridized carbons (Fsp3) is 0.435. The van der Waals surface area contributed by atoms with Crippen LogP contribution in [0.2, 0.25) is 0 Å². The molecular formula is C23H25F3N2O5. The first-order valence-electron chi connectivity index (χ1n) is 10.6. The summed E-state index contributed by atoms with van der Waals surface area (Å²) in [6, 6.07) is 4.86. The normalized spacial score (nSPS) is 21.5. The number of aliphatic carboxylic acids is 2. The first-order chi connectivity index (χ1) is 15.5. The number of aromatic nitrogens is 1. The molecule has 0 saturated carbocycles. The minimum absolute atomic E-state index is 0.197. The Morgan fingerprint density at radius 2 is 1.91 bits per heavy atom. The maximum atomic E-state index is 12.9. The molecule has 0 radical (unpaired) electrons. The van der Waals surface area contributed by atoms with Crippen LogP contribution < -0.4 is 0 Å². The number of nitrogens with zero attached hydrogens (tertiary/aromatic N) is 2. The molecule has 3 atom stereocenters. The summed E-state index contributed by atoms with van der Waals surface area (Å²) in [6.07, 6.45) is 3.17. The van der Waals surface area contributed by atoms with Crippen LogP contribution in [0.25, 0.3) is 16.7 Å². The fourth-order valence-electron chi connectivity index (χ4n) is 4.30. The molecule has 1 saturated heterocycles. The second-order valence-corrected chi connectivity index (χ2v) is 8.11. The Kier molecular flexibility index (Phi) is 7.26. The van der Waals surface area contributed by atoms with Crippen LogP contribution in [-0.2, 0) is 15.8 Å². The highest BCUT2D eigenvalue weighted by Gasteiger charge is 2.39. The number of carboxylic acids is 2. The summed E-state index contributed by atoms with van der Waals surface area (Å²) < 4.78 is 44.3. The smallest absolute Gasteiger partial charge is 0.416 e. The summed E-state index contributed by atoms with van der Waals surface area (Å²) in [5, 5.41) is 15.6. The predicted molar refractivity (Wildman–Crippen MR) is 114 cm³/mol. The van der Waals surface area contributed by atoms with Crippen molar-refractivity contribution >= 4 is 28.6 Å². The van der Waals surface area contributed by atoms with Gasteiger partial charge in [0.25, 0.3) is 0 Å². The van der Waals surface area contributed by atoms with Crippen molar-refractivity contribution in [1.29, 1.82) is 0 Å². The quantitative estimate of drug-likeness (QED) is 0.599. The van der Waals surface area contributed by atoms with E-state index in [0.717, 1.165) is 43.4 Å². The molecule has 0 spiro atoms. The van der Waals surface area contributed by atoms with Gasteiger partial charge in [-0.15, -0.1) is 0 Å². The monoisotopic (exact) mass is 466 g/mol. The zero-order valence-electron chi connectivity index (χ0n) is 18.2. The number of hydrogen-bond donors (Lipinski definition) is 2. The van der Waals surface area contributed by atoms with Gasteiger partial charge in [0.05, 0.1) is 5.56 Å². The van der Waals surface area contributed by atoms with Crippen LogP contribution in [-0.4, -0.2) is 50.2 Å². The van der Waals surface area contributed by atoms with Crippen molar-refractivity contribution < 1.29 is 37.4 Å². The Morgan fingerprint density at radius 1 is 1.24 bits per heavy atom. The highest BCUT2D eigenvalue weighted by atomic mass is 19.4. The largest absolute Gasteiger partial charge is 0.478 e. The molecule has 10 heteroatoms. The van der Waals surface area contributed by atoms with Crippen molar-refractivity contribution in [3.05, 3.63) is 47.9 Å². The van der Waals surface area contributed by atoms with E-state index in [9.17, 15) is 22.8 Å². The van der Waals surface area contributed by atoms with Crippen molar-refractivity contribution in [1.82, 2.24) is 9.88 Å². The summed E-state index contributed by atoms with van der Waals surface area (Å²) in [5.41, 5.74) is 0.989. The summed E-state index contributed by atoms with van der Waals surface area (Å²) in [5.74, 6) is -2.05. The number of halogens is 3. The number of rotatable bonds is 5. The number of benzene rings is 1. The summed E-state index contributed by atoms with van der Waals surface area (Å²) in [4.78, 5) is 26.1. The molecule has 1 fully saturated rings. The van der Waals surface area contributed by atoms with Crippen LogP contribution in [0.5, 0.6) is 0 Å². The van der Waals surface area contributed by atoms with E-state index in [1.54, 1.807) is 0 Å². The van der Waals surface area contributed by atoms with Gasteiger partial charge in [-0.25, -0.2) is 14.6 Å². The second-order valence-electron chi connectivity index (χ2n) is 8.11. The number of oxazole rings is 1. The predicted octanol–water partition coefficient (Wildman–Crippen LogP) is 4.98.